The number of rotatable bonds is 4. The van der Waals surface area contributed by atoms with Crippen molar-refractivity contribution in [2.24, 2.45) is 0 Å². The minimum absolute atomic E-state index is 0.0760. The first-order chi connectivity index (χ1) is 11.1. The molecule has 7 nitrogen and oxygen atoms in total. The van der Waals surface area contributed by atoms with Gasteiger partial charge in [0.05, 0.1) is 23.2 Å². The summed E-state index contributed by atoms with van der Waals surface area (Å²) < 4.78 is 11.2. The Morgan fingerprint density at radius 1 is 1.35 bits per heavy atom. The lowest BCUT2D eigenvalue weighted by Crippen LogP contribution is -2.05. The maximum atomic E-state index is 11.0. The molecular formula is C15H14ClN3O4. The molecule has 0 saturated heterocycles. The summed E-state index contributed by atoms with van der Waals surface area (Å²) in [5.41, 5.74) is 0.743. The van der Waals surface area contributed by atoms with E-state index in [9.17, 15) is 10.1 Å². The van der Waals surface area contributed by atoms with Crippen LogP contribution in [0, 0.1) is 10.1 Å². The maximum Gasteiger partial charge on any atom is 0.311 e. The Morgan fingerprint density at radius 2 is 2.17 bits per heavy atom. The second-order valence-electron chi connectivity index (χ2n) is 4.94. The number of pyridine rings is 1. The molecule has 1 N–H and O–H groups in total. The molecule has 23 heavy (non-hydrogen) atoms. The molecule has 0 aliphatic carbocycles. The molecule has 2 aromatic rings. The summed E-state index contributed by atoms with van der Waals surface area (Å²) >= 11 is 6.23. The third-order valence-corrected chi connectivity index (χ3v) is 3.59. The zero-order valence-electron chi connectivity index (χ0n) is 12.1. The normalized spacial score (nSPS) is 13.3. The summed E-state index contributed by atoms with van der Waals surface area (Å²) in [7, 11) is 0. The minimum atomic E-state index is -0.476. The zero-order chi connectivity index (χ0) is 16.2. The second kappa shape index (κ2) is 6.70. The van der Waals surface area contributed by atoms with Crippen molar-refractivity contribution in [2.75, 3.05) is 18.5 Å². The lowest BCUT2D eigenvalue weighted by Gasteiger charge is -2.12. The van der Waals surface area contributed by atoms with Crippen molar-refractivity contribution in [3.8, 4) is 11.5 Å². The minimum Gasteiger partial charge on any atom is -0.489 e. The Kier molecular flexibility index (Phi) is 4.47. The number of hydrogen-bond donors (Lipinski definition) is 1. The summed E-state index contributed by atoms with van der Waals surface area (Å²) in [5.74, 6) is 1.33. The number of halogens is 1. The largest absolute Gasteiger partial charge is 0.489 e. The average molecular weight is 336 g/mol. The van der Waals surface area contributed by atoms with E-state index in [1.807, 2.05) is 6.07 Å². The van der Waals surface area contributed by atoms with Gasteiger partial charge < -0.3 is 14.8 Å². The molecule has 0 fully saturated rings. The Morgan fingerprint density at radius 3 is 3.00 bits per heavy atom. The number of fused-ring (bicyclic) bond motifs is 1. The molecule has 0 bridgehead atoms. The molecule has 1 aliphatic rings. The molecule has 2 heterocycles. The predicted molar refractivity (Wildman–Crippen MR) is 85.3 cm³/mol. The molecule has 3 rings (SSSR count). The van der Waals surface area contributed by atoms with Crippen LogP contribution in [0.5, 0.6) is 11.5 Å². The average Bonchev–Trinajstić information content (AvgIpc) is 2.79. The molecule has 0 unspecified atom stereocenters. The highest BCUT2D eigenvalue weighted by Crippen LogP contribution is 2.38. The highest BCUT2D eigenvalue weighted by Gasteiger charge is 2.17. The number of nitro groups is 1. The van der Waals surface area contributed by atoms with Crippen LogP contribution in [0.2, 0.25) is 5.02 Å². The van der Waals surface area contributed by atoms with Gasteiger partial charge in [-0.3, -0.25) is 10.1 Å². The maximum absolute atomic E-state index is 11.0. The van der Waals surface area contributed by atoms with Crippen LogP contribution in [0.4, 0.5) is 11.5 Å². The molecule has 0 amide bonds. The topological polar surface area (TPSA) is 86.5 Å². The van der Waals surface area contributed by atoms with Gasteiger partial charge in [-0.25, -0.2) is 4.98 Å². The number of benzene rings is 1. The molecule has 1 aromatic carbocycles. The van der Waals surface area contributed by atoms with Crippen LogP contribution in [0.3, 0.4) is 0 Å². The summed E-state index contributed by atoms with van der Waals surface area (Å²) in [6.45, 7) is 1.45. The number of anilines is 1. The highest BCUT2D eigenvalue weighted by molar-refractivity contribution is 6.32. The summed E-state index contributed by atoms with van der Waals surface area (Å²) in [6.07, 6.45) is 2.29. The van der Waals surface area contributed by atoms with Gasteiger partial charge in [-0.2, -0.15) is 0 Å². The van der Waals surface area contributed by atoms with Gasteiger partial charge in [-0.15, -0.1) is 0 Å². The molecule has 1 aromatic heterocycles. The number of ether oxygens (including phenoxy) is 2. The SMILES string of the molecule is O=[N+]([O-])c1cccnc1NCc1cc(Cl)c2c(c1)OCCCO2. The first-order valence-corrected chi connectivity index (χ1v) is 7.44. The molecular weight excluding hydrogens is 322 g/mol. The fraction of sp³-hybridized carbons (Fsp3) is 0.267. The van der Waals surface area contributed by atoms with Crippen molar-refractivity contribution in [2.45, 2.75) is 13.0 Å². The molecule has 1 aliphatic heterocycles. The quantitative estimate of drug-likeness (QED) is 0.680. The fourth-order valence-corrected chi connectivity index (χ4v) is 2.54. The summed E-state index contributed by atoms with van der Waals surface area (Å²) in [4.78, 5) is 14.5. The third kappa shape index (κ3) is 3.45. The van der Waals surface area contributed by atoms with Gasteiger partial charge in [0.2, 0.25) is 5.82 Å². The lowest BCUT2D eigenvalue weighted by molar-refractivity contribution is -0.384. The summed E-state index contributed by atoms with van der Waals surface area (Å²) in [5, 5.41) is 14.4. The Hall–Kier alpha value is -2.54. The Labute approximate surface area is 137 Å². The third-order valence-electron chi connectivity index (χ3n) is 3.31. The van der Waals surface area contributed by atoms with E-state index in [1.54, 1.807) is 6.07 Å². The molecule has 8 heteroatoms. The van der Waals surface area contributed by atoms with Crippen LogP contribution in [-0.2, 0) is 6.54 Å². The van der Waals surface area contributed by atoms with Crippen molar-refractivity contribution in [1.29, 1.82) is 0 Å². The first-order valence-electron chi connectivity index (χ1n) is 7.06. The Bertz CT molecular complexity index is 739. The van der Waals surface area contributed by atoms with Gasteiger partial charge >= 0.3 is 5.69 Å². The Balaban J connectivity index is 1.80. The van der Waals surface area contributed by atoms with E-state index < -0.39 is 4.92 Å². The van der Waals surface area contributed by atoms with Gasteiger partial charge in [-0.1, -0.05) is 11.6 Å². The summed E-state index contributed by atoms with van der Waals surface area (Å²) in [6, 6.07) is 6.48. The van der Waals surface area contributed by atoms with Crippen LogP contribution in [0.1, 0.15) is 12.0 Å². The highest BCUT2D eigenvalue weighted by atomic mass is 35.5. The van der Waals surface area contributed by atoms with Crippen molar-refractivity contribution < 1.29 is 14.4 Å². The monoisotopic (exact) mass is 335 g/mol. The van der Waals surface area contributed by atoms with E-state index in [4.69, 9.17) is 21.1 Å². The van der Waals surface area contributed by atoms with E-state index in [1.165, 1.54) is 18.3 Å². The van der Waals surface area contributed by atoms with Crippen LogP contribution in [-0.4, -0.2) is 23.1 Å². The van der Waals surface area contributed by atoms with Crippen molar-refractivity contribution in [3.63, 3.8) is 0 Å². The van der Waals surface area contributed by atoms with Crippen molar-refractivity contribution in [3.05, 3.63) is 51.2 Å². The van der Waals surface area contributed by atoms with Crippen LogP contribution < -0.4 is 14.8 Å². The molecule has 0 saturated carbocycles. The lowest BCUT2D eigenvalue weighted by atomic mass is 10.2. The first kappa shape index (κ1) is 15.4. The van der Waals surface area contributed by atoms with Crippen LogP contribution in [0.15, 0.2) is 30.5 Å². The van der Waals surface area contributed by atoms with E-state index in [0.29, 0.717) is 36.3 Å². The van der Waals surface area contributed by atoms with E-state index in [-0.39, 0.29) is 11.5 Å². The number of hydrogen-bond acceptors (Lipinski definition) is 6. The molecule has 120 valence electrons. The molecule has 0 radical (unpaired) electrons. The van der Waals surface area contributed by atoms with E-state index in [0.717, 1.165) is 12.0 Å². The van der Waals surface area contributed by atoms with Gasteiger partial charge in [-0.05, 0) is 23.8 Å². The number of nitrogens with one attached hydrogen (secondary N) is 1. The van der Waals surface area contributed by atoms with Gasteiger partial charge in [0.25, 0.3) is 0 Å². The molecule has 0 atom stereocenters. The van der Waals surface area contributed by atoms with Crippen molar-refractivity contribution >= 4 is 23.1 Å². The molecule has 0 spiro atoms. The fourth-order valence-electron chi connectivity index (χ4n) is 2.25. The second-order valence-corrected chi connectivity index (χ2v) is 5.34. The van der Waals surface area contributed by atoms with E-state index >= 15 is 0 Å². The van der Waals surface area contributed by atoms with Gasteiger partial charge in [0, 0.05) is 25.2 Å². The van der Waals surface area contributed by atoms with Crippen LogP contribution in [0.25, 0.3) is 0 Å². The number of aromatic nitrogens is 1. The number of nitrogens with zero attached hydrogens (tertiary/aromatic N) is 2. The van der Waals surface area contributed by atoms with E-state index in [2.05, 4.69) is 10.3 Å². The zero-order valence-corrected chi connectivity index (χ0v) is 12.9. The van der Waals surface area contributed by atoms with Crippen LogP contribution >= 0.6 is 11.6 Å². The van der Waals surface area contributed by atoms with Gasteiger partial charge in [0.15, 0.2) is 11.5 Å². The predicted octanol–water partition coefficient (Wildman–Crippen LogP) is 3.42. The van der Waals surface area contributed by atoms with Crippen molar-refractivity contribution in [1.82, 2.24) is 4.98 Å². The smallest absolute Gasteiger partial charge is 0.311 e. The standard InChI is InChI=1S/C15H14ClN3O4/c16-11-7-10(8-13-14(11)23-6-2-5-22-13)9-18-15-12(19(20)21)3-1-4-17-15/h1,3-4,7-8H,2,5-6,9H2,(H,17,18). The van der Waals surface area contributed by atoms with Gasteiger partial charge in [0.1, 0.15) is 0 Å².